The van der Waals surface area contributed by atoms with Crippen LogP contribution >= 0.6 is 0 Å². The maximum atomic E-state index is 11.3. The van der Waals surface area contributed by atoms with Gasteiger partial charge in [-0.3, -0.25) is 19.2 Å². The van der Waals surface area contributed by atoms with Gasteiger partial charge in [0, 0.05) is 0 Å². The second-order valence-electron chi connectivity index (χ2n) is 3.60. The predicted molar refractivity (Wildman–Crippen MR) is 52.7 cm³/mol. The third kappa shape index (κ3) is 15.0. The fourth-order valence-corrected chi connectivity index (χ4v) is 0.653. The molecule has 0 heterocycles. The largest absolute Gasteiger partial charge is 2.00 e. The van der Waals surface area contributed by atoms with E-state index in [1.54, 1.807) is 0 Å². The van der Waals surface area contributed by atoms with Gasteiger partial charge in [-0.05, 0) is 13.8 Å². The minimum atomic E-state index is -4.87. The third-order valence-electron chi connectivity index (χ3n) is 1.45. The minimum absolute atomic E-state index is 0. The van der Waals surface area contributed by atoms with Gasteiger partial charge in [-0.1, -0.05) is 0 Å². The Labute approximate surface area is 125 Å². The van der Waals surface area contributed by atoms with E-state index in [1.165, 1.54) is 0 Å². The Bertz CT molecular complexity index is 361. The van der Waals surface area contributed by atoms with E-state index in [-0.39, 0.29) is 16.8 Å². The van der Waals surface area contributed by atoms with Crippen molar-refractivity contribution >= 4 is 23.1 Å². The molecule has 0 aromatic carbocycles. The van der Waals surface area contributed by atoms with E-state index in [2.05, 4.69) is 0 Å². The molecule has 4 nitrogen and oxygen atoms in total. The second kappa shape index (κ2) is 9.66. The van der Waals surface area contributed by atoms with Crippen LogP contribution in [0.25, 0.3) is 0 Å². The Morgan fingerprint density at radius 1 is 0.667 bits per heavy atom. The number of carbonyl (C=O) groups excluding carboxylic acids is 4. The van der Waals surface area contributed by atoms with Crippen LogP contribution in [-0.2, 0) is 36.0 Å². The molecule has 0 aromatic heterocycles. The van der Waals surface area contributed by atoms with Crippen molar-refractivity contribution in [2.45, 2.75) is 39.0 Å². The van der Waals surface area contributed by atoms with Crippen molar-refractivity contribution in [3.63, 3.8) is 0 Å². The SMILES string of the molecule is CC(=O)CC(=O)C(F)(F)F.CC(=O)CC(=O)C(F)(F)F.[Co+2]. The Hall–Kier alpha value is -1.23. The van der Waals surface area contributed by atoms with Gasteiger partial charge in [0.2, 0.25) is 11.6 Å². The van der Waals surface area contributed by atoms with Gasteiger partial charge in [0.1, 0.15) is 11.6 Å². The van der Waals surface area contributed by atoms with Crippen molar-refractivity contribution in [3.05, 3.63) is 0 Å². The van der Waals surface area contributed by atoms with Gasteiger partial charge in [0.25, 0.3) is 0 Å². The quantitative estimate of drug-likeness (QED) is 0.564. The Morgan fingerprint density at radius 2 is 0.857 bits per heavy atom. The van der Waals surface area contributed by atoms with Gasteiger partial charge in [0.15, 0.2) is 0 Å². The van der Waals surface area contributed by atoms with Gasteiger partial charge in [-0.15, -0.1) is 0 Å². The molecule has 0 aromatic rings. The van der Waals surface area contributed by atoms with Crippen LogP contribution in [0.4, 0.5) is 26.3 Å². The van der Waals surface area contributed by atoms with Crippen molar-refractivity contribution < 1.29 is 62.3 Å². The van der Waals surface area contributed by atoms with E-state index in [4.69, 9.17) is 0 Å². The summed E-state index contributed by atoms with van der Waals surface area (Å²) in [6, 6.07) is 0. The van der Waals surface area contributed by atoms with Gasteiger partial charge in [-0.2, -0.15) is 26.3 Å². The molecule has 0 aliphatic carbocycles. The monoisotopic (exact) mass is 367 g/mol. The summed E-state index contributed by atoms with van der Waals surface area (Å²) in [5.41, 5.74) is 0. The van der Waals surface area contributed by atoms with Gasteiger partial charge < -0.3 is 0 Å². The summed E-state index contributed by atoms with van der Waals surface area (Å²) in [4.78, 5) is 39.8. The van der Waals surface area contributed by atoms with Gasteiger partial charge in [0.05, 0.1) is 12.8 Å². The molecule has 0 rings (SSSR count). The molecular formula is C10H10CoF6O4+2. The number of carbonyl (C=O) groups is 4. The molecule has 0 saturated carbocycles. The minimum Gasteiger partial charge on any atom is -0.300 e. The first-order chi connectivity index (χ1) is 8.67. The number of rotatable bonds is 4. The molecule has 123 valence electrons. The molecule has 0 aliphatic heterocycles. The maximum absolute atomic E-state index is 11.3. The van der Waals surface area contributed by atoms with E-state index in [1.807, 2.05) is 0 Å². The predicted octanol–water partition coefficient (Wildman–Crippen LogP) is 2.19. The molecule has 0 spiro atoms. The summed E-state index contributed by atoms with van der Waals surface area (Å²) >= 11 is 0. The normalized spacial score (nSPS) is 10.7. The Balaban J connectivity index is -0.000000295. The molecule has 0 atom stereocenters. The zero-order valence-electron chi connectivity index (χ0n) is 10.6. The molecule has 0 fully saturated rings. The fourth-order valence-electron chi connectivity index (χ4n) is 0.653. The second-order valence-corrected chi connectivity index (χ2v) is 3.60. The zero-order chi connectivity index (χ0) is 16.7. The molecule has 0 amide bonds. The van der Waals surface area contributed by atoms with Gasteiger partial charge in [-0.25, -0.2) is 0 Å². The van der Waals surface area contributed by atoms with Crippen LogP contribution in [0.2, 0.25) is 0 Å². The summed E-state index contributed by atoms with van der Waals surface area (Å²) < 4.78 is 67.8. The number of Topliss-reactive ketones (excluding diaryl/α,β-unsaturated/α-hetero) is 4. The van der Waals surface area contributed by atoms with Crippen LogP contribution in [0.1, 0.15) is 26.7 Å². The standard InChI is InChI=1S/2C5H5F3O2.Co/c2*1-3(9)2-4(10)5(6,7)8;/h2*2H2,1H3;/q;;+2. The van der Waals surface area contributed by atoms with Crippen molar-refractivity contribution in [2.75, 3.05) is 0 Å². The van der Waals surface area contributed by atoms with Crippen molar-refractivity contribution in [1.29, 1.82) is 0 Å². The molecular weight excluding hydrogens is 357 g/mol. The van der Waals surface area contributed by atoms with Crippen LogP contribution in [0, 0.1) is 0 Å². The molecule has 0 bridgehead atoms. The average Bonchev–Trinajstić information content (AvgIpc) is 2.13. The number of hydrogen-bond acceptors (Lipinski definition) is 4. The number of halogens is 6. The fraction of sp³-hybridized carbons (Fsp3) is 0.600. The topological polar surface area (TPSA) is 68.3 Å². The van der Waals surface area contributed by atoms with Crippen LogP contribution in [0.3, 0.4) is 0 Å². The molecule has 21 heavy (non-hydrogen) atoms. The van der Waals surface area contributed by atoms with Gasteiger partial charge >= 0.3 is 29.1 Å². The number of ketones is 4. The summed E-state index contributed by atoms with van der Waals surface area (Å²) in [6.07, 6.45) is -11.8. The van der Waals surface area contributed by atoms with Crippen LogP contribution in [-0.4, -0.2) is 35.5 Å². The van der Waals surface area contributed by atoms with E-state index >= 15 is 0 Å². The van der Waals surface area contributed by atoms with Crippen molar-refractivity contribution in [2.24, 2.45) is 0 Å². The Morgan fingerprint density at radius 3 is 0.905 bits per heavy atom. The molecule has 0 unspecified atom stereocenters. The summed E-state index contributed by atoms with van der Waals surface area (Å²) in [6.45, 7) is 1.87. The van der Waals surface area contributed by atoms with E-state index in [0.717, 1.165) is 13.8 Å². The van der Waals surface area contributed by atoms with Crippen LogP contribution in [0.15, 0.2) is 0 Å². The molecule has 0 saturated heterocycles. The number of hydrogen-bond donors (Lipinski definition) is 0. The molecule has 1 radical (unpaired) electrons. The summed E-state index contributed by atoms with van der Waals surface area (Å²) in [7, 11) is 0. The average molecular weight is 367 g/mol. The first kappa shape index (κ1) is 24.8. The maximum Gasteiger partial charge on any atom is 2.00 e. The van der Waals surface area contributed by atoms with Crippen LogP contribution < -0.4 is 0 Å². The summed E-state index contributed by atoms with van der Waals surface area (Å²) in [5.74, 6) is -5.52. The first-order valence-electron chi connectivity index (χ1n) is 4.86. The Kier molecular flexibility index (Phi) is 11.4. The zero-order valence-corrected chi connectivity index (χ0v) is 11.7. The van der Waals surface area contributed by atoms with Crippen molar-refractivity contribution in [3.8, 4) is 0 Å². The van der Waals surface area contributed by atoms with Crippen LogP contribution in [0.5, 0.6) is 0 Å². The van der Waals surface area contributed by atoms with E-state index in [0.29, 0.717) is 0 Å². The molecule has 11 heteroatoms. The smallest absolute Gasteiger partial charge is 0.300 e. The number of alkyl halides is 6. The van der Waals surface area contributed by atoms with Crippen molar-refractivity contribution in [1.82, 2.24) is 0 Å². The van der Waals surface area contributed by atoms with E-state index < -0.39 is 48.3 Å². The molecule has 0 aliphatic rings. The molecule has 0 N–H and O–H groups in total. The first-order valence-corrected chi connectivity index (χ1v) is 4.86. The third-order valence-corrected chi connectivity index (χ3v) is 1.45. The summed E-state index contributed by atoms with van der Waals surface area (Å²) in [5, 5.41) is 0. The van der Waals surface area contributed by atoms with E-state index in [9.17, 15) is 45.5 Å².